The molecule has 0 bridgehead atoms. The van der Waals surface area contributed by atoms with Gasteiger partial charge in [-0.15, -0.1) is 0 Å². The lowest BCUT2D eigenvalue weighted by atomic mass is 10.3. The Balaban J connectivity index is 2.45. The molecule has 1 aromatic heterocycles. The number of anilines is 1. The third kappa shape index (κ3) is 2.52. The molecule has 0 aliphatic carbocycles. The van der Waals surface area contributed by atoms with Gasteiger partial charge < -0.3 is 10.5 Å². The molecule has 0 saturated heterocycles. The molecule has 0 amide bonds. The van der Waals surface area contributed by atoms with E-state index in [-0.39, 0.29) is 17.7 Å². The molecule has 2 aromatic rings. The molecule has 6 heteroatoms. The number of nitrogen functional groups attached to an aromatic ring is 1. The van der Waals surface area contributed by atoms with Crippen LogP contribution in [0.4, 0.5) is 14.5 Å². The zero-order valence-corrected chi connectivity index (χ0v) is 10.9. The molecule has 19 heavy (non-hydrogen) atoms. The molecule has 0 fully saturated rings. The molecule has 102 valence electrons. The summed E-state index contributed by atoms with van der Waals surface area (Å²) >= 11 is 0. The van der Waals surface area contributed by atoms with Crippen LogP contribution in [0.25, 0.3) is 0 Å². The molecule has 0 radical (unpaired) electrons. The van der Waals surface area contributed by atoms with Gasteiger partial charge in [-0.05, 0) is 32.9 Å². The topological polar surface area (TPSA) is 53.1 Å². The van der Waals surface area contributed by atoms with Crippen molar-refractivity contribution in [2.75, 3.05) is 5.73 Å². The first-order valence-electron chi connectivity index (χ1n) is 5.87. The minimum Gasteiger partial charge on any atom is -0.434 e. The smallest absolute Gasteiger partial charge is 0.241 e. The van der Waals surface area contributed by atoms with Gasteiger partial charge in [-0.25, -0.2) is 13.5 Å². The zero-order chi connectivity index (χ0) is 14.2. The maximum absolute atomic E-state index is 13.6. The van der Waals surface area contributed by atoms with E-state index in [9.17, 15) is 8.78 Å². The van der Waals surface area contributed by atoms with Crippen molar-refractivity contribution in [3.05, 3.63) is 35.5 Å². The van der Waals surface area contributed by atoms with Crippen LogP contribution >= 0.6 is 0 Å². The van der Waals surface area contributed by atoms with Gasteiger partial charge in [0.25, 0.3) is 0 Å². The number of hydrogen-bond acceptors (Lipinski definition) is 3. The fourth-order valence-corrected chi connectivity index (χ4v) is 1.65. The molecule has 0 aliphatic heterocycles. The Labute approximate surface area is 109 Å². The molecule has 0 atom stereocenters. The van der Waals surface area contributed by atoms with Crippen molar-refractivity contribution in [3.63, 3.8) is 0 Å². The van der Waals surface area contributed by atoms with E-state index in [1.54, 1.807) is 6.92 Å². The summed E-state index contributed by atoms with van der Waals surface area (Å²) in [6, 6.07) is 2.99. The number of ether oxygens (including phenoxy) is 1. The minimum absolute atomic E-state index is 0.0115. The van der Waals surface area contributed by atoms with Crippen molar-refractivity contribution in [2.45, 2.75) is 26.8 Å². The summed E-state index contributed by atoms with van der Waals surface area (Å²) in [5, 5.41) is 4.21. The standard InChI is InChI=1S/C13H15F2N3O/c1-7(2)18-13(12(16)8(3)17-18)19-11-6-9(14)4-5-10(11)15/h4-7H,16H2,1-3H3. The van der Waals surface area contributed by atoms with E-state index in [0.29, 0.717) is 11.4 Å². The van der Waals surface area contributed by atoms with Gasteiger partial charge in [-0.2, -0.15) is 5.10 Å². The summed E-state index contributed by atoms with van der Waals surface area (Å²) in [7, 11) is 0. The Hall–Kier alpha value is -2.11. The maximum atomic E-state index is 13.6. The quantitative estimate of drug-likeness (QED) is 0.927. The van der Waals surface area contributed by atoms with Gasteiger partial charge in [0.15, 0.2) is 11.6 Å². The molecule has 1 aromatic carbocycles. The van der Waals surface area contributed by atoms with Crippen LogP contribution in [0.2, 0.25) is 0 Å². The average molecular weight is 267 g/mol. The Kier molecular flexibility index (Phi) is 3.42. The Morgan fingerprint density at radius 2 is 2.00 bits per heavy atom. The number of rotatable bonds is 3. The Bertz CT molecular complexity index is 608. The third-order valence-electron chi connectivity index (χ3n) is 2.68. The highest BCUT2D eigenvalue weighted by atomic mass is 19.1. The monoisotopic (exact) mass is 267 g/mol. The highest BCUT2D eigenvalue weighted by molar-refractivity contribution is 5.54. The minimum atomic E-state index is -0.657. The van der Waals surface area contributed by atoms with E-state index in [4.69, 9.17) is 10.5 Å². The van der Waals surface area contributed by atoms with Crippen LogP contribution in [0.15, 0.2) is 18.2 Å². The fraction of sp³-hybridized carbons (Fsp3) is 0.308. The van der Waals surface area contributed by atoms with Crippen LogP contribution < -0.4 is 10.5 Å². The van der Waals surface area contributed by atoms with Crippen molar-refractivity contribution in [1.82, 2.24) is 9.78 Å². The van der Waals surface area contributed by atoms with Crippen molar-refractivity contribution < 1.29 is 13.5 Å². The second-order valence-electron chi connectivity index (χ2n) is 4.52. The molecule has 2 N–H and O–H groups in total. The number of halogens is 2. The van der Waals surface area contributed by atoms with Crippen LogP contribution in [0.1, 0.15) is 25.6 Å². The first-order valence-corrected chi connectivity index (χ1v) is 5.87. The van der Waals surface area contributed by atoms with Crippen molar-refractivity contribution in [3.8, 4) is 11.6 Å². The summed E-state index contributed by atoms with van der Waals surface area (Å²) in [6.07, 6.45) is 0. The second-order valence-corrected chi connectivity index (χ2v) is 4.52. The number of aryl methyl sites for hydroxylation is 1. The number of nitrogens with zero attached hydrogens (tertiary/aromatic N) is 2. The lowest BCUT2D eigenvalue weighted by molar-refractivity contribution is 0.370. The number of aromatic nitrogens is 2. The molecule has 0 saturated carbocycles. The van der Waals surface area contributed by atoms with E-state index >= 15 is 0 Å². The third-order valence-corrected chi connectivity index (χ3v) is 2.68. The molecular formula is C13H15F2N3O. The SMILES string of the molecule is Cc1nn(C(C)C)c(Oc2cc(F)ccc2F)c1N. The number of nitrogens with two attached hydrogens (primary N) is 1. The van der Waals surface area contributed by atoms with E-state index in [2.05, 4.69) is 5.10 Å². The largest absolute Gasteiger partial charge is 0.434 e. The molecule has 1 heterocycles. The summed E-state index contributed by atoms with van der Waals surface area (Å²) in [4.78, 5) is 0. The van der Waals surface area contributed by atoms with Crippen molar-refractivity contribution >= 4 is 5.69 Å². The molecular weight excluding hydrogens is 252 g/mol. The van der Waals surface area contributed by atoms with E-state index in [1.807, 2.05) is 13.8 Å². The normalized spacial score (nSPS) is 11.1. The number of benzene rings is 1. The second kappa shape index (κ2) is 4.87. The predicted molar refractivity (Wildman–Crippen MR) is 68.2 cm³/mol. The average Bonchev–Trinajstić information content (AvgIpc) is 2.62. The van der Waals surface area contributed by atoms with Gasteiger partial charge in [-0.3, -0.25) is 0 Å². The van der Waals surface area contributed by atoms with E-state index in [1.165, 1.54) is 4.68 Å². The molecule has 2 rings (SSSR count). The van der Waals surface area contributed by atoms with Gasteiger partial charge >= 0.3 is 0 Å². The Morgan fingerprint density at radius 1 is 1.32 bits per heavy atom. The van der Waals surface area contributed by atoms with Crippen molar-refractivity contribution in [1.29, 1.82) is 0 Å². The molecule has 0 aliphatic rings. The molecule has 0 spiro atoms. The lowest BCUT2D eigenvalue weighted by Gasteiger charge is -2.12. The number of hydrogen-bond donors (Lipinski definition) is 1. The fourth-order valence-electron chi connectivity index (χ4n) is 1.65. The Morgan fingerprint density at radius 3 is 2.63 bits per heavy atom. The van der Waals surface area contributed by atoms with Crippen LogP contribution in [0.5, 0.6) is 11.6 Å². The molecule has 4 nitrogen and oxygen atoms in total. The van der Waals surface area contributed by atoms with Crippen LogP contribution in [-0.2, 0) is 0 Å². The van der Waals surface area contributed by atoms with Crippen LogP contribution in [0, 0.1) is 18.6 Å². The molecule has 0 unspecified atom stereocenters. The van der Waals surface area contributed by atoms with Gasteiger partial charge in [0, 0.05) is 6.07 Å². The van der Waals surface area contributed by atoms with Crippen LogP contribution in [0.3, 0.4) is 0 Å². The summed E-state index contributed by atoms with van der Waals surface area (Å²) in [5.74, 6) is -1.23. The zero-order valence-electron chi connectivity index (χ0n) is 10.9. The first kappa shape index (κ1) is 13.3. The van der Waals surface area contributed by atoms with Crippen molar-refractivity contribution in [2.24, 2.45) is 0 Å². The highest BCUT2D eigenvalue weighted by Crippen LogP contribution is 2.33. The summed E-state index contributed by atoms with van der Waals surface area (Å²) < 4.78 is 33.6. The highest BCUT2D eigenvalue weighted by Gasteiger charge is 2.18. The summed E-state index contributed by atoms with van der Waals surface area (Å²) in [5.41, 5.74) is 6.75. The van der Waals surface area contributed by atoms with Gasteiger partial charge in [0.05, 0.1) is 11.7 Å². The van der Waals surface area contributed by atoms with Crippen LogP contribution in [-0.4, -0.2) is 9.78 Å². The van der Waals surface area contributed by atoms with E-state index in [0.717, 1.165) is 18.2 Å². The van der Waals surface area contributed by atoms with Gasteiger partial charge in [-0.1, -0.05) is 0 Å². The van der Waals surface area contributed by atoms with E-state index < -0.39 is 11.6 Å². The lowest BCUT2D eigenvalue weighted by Crippen LogP contribution is -2.06. The van der Waals surface area contributed by atoms with Gasteiger partial charge in [0.1, 0.15) is 11.5 Å². The maximum Gasteiger partial charge on any atom is 0.241 e. The predicted octanol–water partition coefficient (Wildman–Crippen LogP) is 3.43. The first-order chi connectivity index (χ1) is 8.90. The summed E-state index contributed by atoms with van der Waals surface area (Å²) in [6.45, 7) is 5.50. The van der Waals surface area contributed by atoms with Gasteiger partial charge in [0.2, 0.25) is 5.88 Å².